The number of hydrogen-bond acceptors (Lipinski definition) is 3. The Balaban J connectivity index is 3.02. The van der Waals surface area contributed by atoms with Gasteiger partial charge in [0.05, 0.1) is 12.2 Å². The number of carbonyl (C=O) groups excluding carboxylic acids is 1. The third-order valence-corrected chi connectivity index (χ3v) is 3.55. The Labute approximate surface area is 127 Å². The van der Waals surface area contributed by atoms with E-state index in [0.717, 1.165) is 28.7 Å². The fourth-order valence-corrected chi connectivity index (χ4v) is 2.48. The second kappa shape index (κ2) is 7.45. The van der Waals surface area contributed by atoms with E-state index < -0.39 is 0 Å². The van der Waals surface area contributed by atoms with Crippen molar-refractivity contribution in [2.75, 3.05) is 25.0 Å². The SMILES string of the molecule is CCCN(CC(=O)NC)c1ccc(C(N)=S)cc1Br. The molecule has 0 aliphatic rings. The number of benzene rings is 1. The minimum atomic E-state index is -0.0150. The molecule has 0 atom stereocenters. The average Bonchev–Trinajstić information content (AvgIpc) is 2.37. The molecule has 1 aromatic carbocycles. The van der Waals surface area contributed by atoms with E-state index in [1.165, 1.54) is 0 Å². The molecule has 1 amide bonds. The van der Waals surface area contributed by atoms with Gasteiger partial charge in [-0.2, -0.15) is 0 Å². The Morgan fingerprint density at radius 2 is 2.21 bits per heavy atom. The molecule has 0 aromatic heterocycles. The number of rotatable bonds is 6. The predicted octanol–water partition coefficient (Wildman–Crippen LogP) is 2.05. The number of nitrogens with two attached hydrogens (primary N) is 1. The van der Waals surface area contributed by atoms with Crippen molar-refractivity contribution < 1.29 is 4.79 Å². The van der Waals surface area contributed by atoms with Crippen molar-refractivity contribution in [1.82, 2.24) is 5.32 Å². The molecule has 0 radical (unpaired) electrons. The van der Waals surface area contributed by atoms with Crippen LogP contribution in [-0.4, -0.2) is 31.0 Å². The molecule has 1 rings (SSSR count). The van der Waals surface area contributed by atoms with Crippen LogP contribution in [0.1, 0.15) is 18.9 Å². The maximum absolute atomic E-state index is 11.5. The molecule has 0 heterocycles. The van der Waals surface area contributed by atoms with Gasteiger partial charge in [-0.05, 0) is 40.5 Å². The molecule has 0 bridgehead atoms. The summed E-state index contributed by atoms with van der Waals surface area (Å²) < 4.78 is 0.884. The van der Waals surface area contributed by atoms with Crippen molar-refractivity contribution in [1.29, 1.82) is 0 Å². The normalized spacial score (nSPS) is 10.1. The summed E-state index contributed by atoms with van der Waals surface area (Å²) in [6, 6.07) is 5.68. The predicted molar refractivity (Wildman–Crippen MR) is 86.6 cm³/mol. The number of likely N-dealkylation sites (N-methyl/N-ethyl adjacent to an activating group) is 1. The van der Waals surface area contributed by atoms with Crippen molar-refractivity contribution in [2.24, 2.45) is 5.73 Å². The first kappa shape index (κ1) is 15.9. The van der Waals surface area contributed by atoms with Gasteiger partial charge in [0.1, 0.15) is 4.99 Å². The van der Waals surface area contributed by atoms with E-state index in [-0.39, 0.29) is 5.91 Å². The van der Waals surface area contributed by atoms with Crippen molar-refractivity contribution >= 4 is 44.7 Å². The van der Waals surface area contributed by atoms with Crippen LogP contribution in [0, 0.1) is 0 Å². The highest BCUT2D eigenvalue weighted by atomic mass is 79.9. The molecule has 0 aliphatic carbocycles. The van der Waals surface area contributed by atoms with E-state index in [2.05, 4.69) is 28.2 Å². The second-order valence-corrected chi connectivity index (χ2v) is 5.42. The van der Waals surface area contributed by atoms with Crippen LogP contribution in [0.4, 0.5) is 5.69 Å². The second-order valence-electron chi connectivity index (χ2n) is 4.13. The lowest BCUT2D eigenvalue weighted by Crippen LogP contribution is -2.36. The lowest BCUT2D eigenvalue weighted by Gasteiger charge is -2.25. The molecule has 1 aromatic rings. The summed E-state index contributed by atoms with van der Waals surface area (Å²) in [4.78, 5) is 13.9. The number of halogens is 1. The molecule has 4 nitrogen and oxygen atoms in total. The van der Waals surface area contributed by atoms with Crippen LogP contribution in [0.3, 0.4) is 0 Å². The molecule has 3 N–H and O–H groups in total. The lowest BCUT2D eigenvalue weighted by molar-refractivity contribution is -0.119. The lowest BCUT2D eigenvalue weighted by atomic mass is 10.2. The summed E-state index contributed by atoms with van der Waals surface area (Å²) in [5.41, 5.74) is 7.37. The molecule has 0 aliphatic heterocycles. The van der Waals surface area contributed by atoms with Gasteiger partial charge < -0.3 is 16.0 Å². The van der Waals surface area contributed by atoms with E-state index in [4.69, 9.17) is 18.0 Å². The minimum Gasteiger partial charge on any atom is -0.389 e. The Morgan fingerprint density at radius 1 is 1.53 bits per heavy atom. The van der Waals surface area contributed by atoms with Gasteiger partial charge in [0.2, 0.25) is 5.91 Å². The molecule has 0 unspecified atom stereocenters. The Morgan fingerprint density at radius 3 is 2.68 bits per heavy atom. The van der Waals surface area contributed by atoms with Gasteiger partial charge in [0, 0.05) is 23.6 Å². The Kier molecular flexibility index (Phi) is 6.24. The maximum atomic E-state index is 11.5. The zero-order valence-electron chi connectivity index (χ0n) is 11.1. The molecular weight excluding hydrogens is 326 g/mol. The highest BCUT2D eigenvalue weighted by Crippen LogP contribution is 2.27. The van der Waals surface area contributed by atoms with Crippen molar-refractivity contribution in [3.8, 4) is 0 Å². The number of amides is 1. The summed E-state index contributed by atoms with van der Waals surface area (Å²) in [7, 11) is 1.64. The van der Waals surface area contributed by atoms with Gasteiger partial charge in [-0.15, -0.1) is 0 Å². The quantitative estimate of drug-likeness (QED) is 0.776. The summed E-state index contributed by atoms with van der Waals surface area (Å²) in [5.74, 6) is -0.0150. The molecule has 6 heteroatoms. The topological polar surface area (TPSA) is 58.4 Å². The molecule has 0 saturated carbocycles. The fourth-order valence-electron chi connectivity index (χ4n) is 1.72. The third kappa shape index (κ3) is 4.47. The van der Waals surface area contributed by atoms with Gasteiger partial charge in [-0.1, -0.05) is 19.1 Å². The molecule has 104 valence electrons. The van der Waals surface area contributed by atoms with Crippen LogP contribution >= 0.6 is 28.1 Å². The van der Waals surface area contributed by atoms with E-state index >= 15 is 0 Å². The smallest absolute Gasteiger partial charge is 0.239 e. The number of thiocarbonyl (C=S) groups is 1. The molecular formula is C13H18BrN3OS. The van der Waals surface area contributed by atoms with Crippen molar-refractivity contribution in [3.63, 3.8) is 0 Å². The number of anilines is 1. The monoisotopic (exact) mass is 343 g/mol. The van der Waals surface area contributed by atoms with E-state index in [1.807, 2.05) is 23.1 Å². The van der Waals surface area contributed by atoms with E-state index in [0.29, 0.717) is 11.5 Å². The van der Waals surface area contributed by atoms with Crippen LogP contribution in [0.25, 0.3) is 0 Å². The first-order valence-corrected chi connectivity index (χ1v) is 7.24. The van der Waals surface area contributed by atoms with Crippen LogP contribution < -0.4 is 16.0 Å². The summed E-state index contributed by atoms with van der Waals surface area (Å²) in [5, 5.41) is 2.64. The molecule has 0 fully saturated rings. The molecule has 19 heavy (non-hydrogen) atoms. The number of nitrogens with one attached hydrogen (secondary N) is 1. The average molecular weight is 344 g/mol. The van der Waals surface area contributed by atoms with E-state index in [9.17, 15) is 4.79 Å². The minimum absolute atomic E-state index is 0.0150. The van der Waals surface area contributed by atoms with Crippen LogP contribution in [0.2, 0.25) is 0 Å². The van der Waals surface area contributed by atoms with Gasteiger partial charge in [-0.25, -0.2) is 0 Å². The van der Waals surface area contributed by atoms with Crippen molar-refractivity contribution in [2.45, 2.75) is 13.3 Å². The first-order chi connectivity index (χ1) is 8.99. The summed E-state index contributed by atoms with van der Waals surface area (Å²) in [6.07, 6.45) is 0.959. The number of nitrogens with zero attached hydrogens (tertiary/aromatic N) is 1. The zero-order valence-corrected chi connectivity index (χ0v) is 13.5. The van der Waals surface area contributed by atoms with Gasteiger partial charge in [-0.3, -0.25) is 4.79 Å². The number of hydrogen-bond donors (Lipinski definition) is 2. The largest absolute Gasteiger partial charge is 0.389 e. The van der Waals surface area contributed by atoms with Crippen LogP contribution in [0.5, 0.6) is 0 Å². The van der Waals surface area contributed by atoms with E-state index in [1.54, 1.807) is 7.05 Å². The van der Waals surface area contributed by atoms with Gasteiger partial charge >= 0.3 is 0 Å². The summed E-state index contributed by atoms with van der Waals surface area (Å²) in [6.45, 7) is 3.21. The highest BCUT2D eigenvalue weighted by molar-refractivity contribution is 9.10. The Bertz CT molecular complexity index is 479. The van der Waals surface area contributed by atoms with Crippen LogP contribution in [0.15, 0.2) is 22.7 Å². The summed E-state index contributed by atoms with van der Waals surface area (Å²) >= 11 is 8.46. The van der Waals surface area contributed by atoms with Crippen molar-refractivity contribution in [3.05, 3.63) is 28.2 Å². The van der Waals surface area contributed by atoms with Crippen LogP contribution in [-0.2, 0) is 4.79 Å². The molecule has 0 spiro atoms. The van der Waals surface area contributed by atoms with Gasteiger partial charge in [0.25, 0.3) is 0 Å². The number of carbonyl (C=O) groups is 1. The highest BCUT2D eigenvalue weighted by Gasteiger charge is 2.13. The van der Waals surface area contributed by atoms with Gasteiger partial charge in [0.15, 0.2) is 0 Å². The third-order valence-electron chi connectivity index (χ3n) is 2.68. The zero-order chi connectivity index (χ0) is 14.4. The fraction of sp³-hybridized carbons (Fsp3) is 0.385. The molecule has 0 saturated heterocycles. The maximum Gasteiger partial charge on any atom is 0.239 e. The Hall–Kier alpha value is -1.14. The first-order valence-electron chi connectivity index (χ1n) is 6.04. The standard InChI is InChI=1S/C13H18BrN3OS/c1-3-6-17(8-12(18)16-2)11-5-4-9(13(15)19)7-10(11)14/h4-5,7H,3,6,8H2,1-2H3,(H2,15,19)(H,16,18).